The molecule has 11 nitrogen and oxygen atoms in total. The molecule has 34 heavy (non-hydrogen) atoms. The van der Waals surface area contributed by atoms with Gasteiger partial charge < -0.3 is 26.1 Å². The molecule has 178 valence electrons. The van der Waals surface area contributed by atoms with E-state index in [2.05, 4.69) is 15.5 Å². The molecule has 5 N–H and O–H groups in total. The number of benzene rings is 1. The van der Waals surface area contributed by atoms with E-state index < -0.39 is 46.5 Å². The number of ether oxygens (including phenoxy) is 1. The number of nitrogens with one attached hydrogen (secondary N) is 1. The number of carboxylic acid groups (broad SMARTS) is 1. The quantitative estimate of drug-likeness (QED) is 0.183. The molecule has 0 radical (unpaired) electrons. The summed E-state index contributed by atoms with van der Waals surface area (Å²) in [4.78, 5) is 42.0. The molecule has 15 heteroatoms. The van der Waals surface area contributed by atoms with E-state index in [0.717, 1.165) is 40.1 Å². The minimum Gasteiger partial charge on any atom is -0.486 e. The van der Waals surface area contributed by atoms with E-state index in [-0.39, 0.29) is 40.2 Å². The Kier molecular flexibility index (Phi) is 6.39. The SMILES string of the molecule is Nc1nc(/C(=N/O)C(=O)N[C@@H]2C(=O)N3C(C(=O)O)=C(COc4ccc(F)cc4F)CS[C@H]23)cs1. The number of thioether (sulfide) groups is 1. The van der Waals surface area contributed by atoms with Crippen LogP contribution in [0.4, 0.5) is 13.9 Å². The summed E-state index contributed by atoms with van der Waals surface area (Å²) in [5.41, 5.74) is 4.94. The van der Waals surface area contributed by atoms with Crippen molar-refractivity contribution in [2.24, 2.45) is 5.16 Å². The maximum atomic E-state index is 13.8. The Hall–Kier alpha value is -3.72. The van der Waals surface area contributed by atoms with Gasteiger partial charge in [0.25, 0.3) is 11.8 Å². The van der Waals surface area contributed by atoms with Gasteiger partial charge in [-0.3, -0.25) is 14.5 Å². The van der Waals surface area contributed by atoms with Gasteiger partial charge in [-0.25, -0.2) is 18.6 Å². The summed E-state index contributed by atoms with van der Waals surface area (Å²) in [6.45, 7) is -0.350. The molecule has 2 aliphatic heterocycles. The average Bonchev–Trinajstić information content (AvgIpc) is 3.22. The highest BCUT2D eigenvalue weighted by Crippen LogP contribution is 2.40. The molecule has 0 aliphatic carbocycles. The van der Waals surface area contributed by atoms with Crippen molar-refractivity contribution in [3.8, 4) is 5.75 Å². The second-order valence-electron chi connectivity index (χ2n) is 7.00. The predicted molar refractivity (Wildman–Crippen MR) is 116 cm³/mol. The van der Waals surface area contributed by atoms with Crippen LogP contribution in [0.2, 0.25) is 0 Å². The van der Waals surface area contributed by atoms with Crippen LogP contribution in [0.25, 0.3) is 0 Å². The fourth-order valence-electron chi connectivity index (χ4n) is 3.37. The van der Waals surface area contributed by atoms with E-state index in [0.29, 0.717) is 6.07 Å². The molecule has 0 unspecified atom stereocenters. The fourth-order valence-corrected chi connectivity index (χ4v) is 5.25. The molecular formula is C19H15F2N5O6S2. The molecule has 0 bridgehead atoms. The van der Waals surface area contributed by atoms with Crippen LogP contribution in [0.3, 0.4) is 0 Å². The summed E-state index contributed by atoms with van der Waals surface area (Å²) >= 11 is 2.18. The van der Waals surface area contributed by atoms with Gasteiger partial charge >= 0.3 is 5.97 Å². The number of hydrogen-bond donors (Lipinski definition) is 4. The van der Waals surface area contributed by atoms with Gasteiger partial charge in [0.1, 0.15) is 35.2 Å². The normalized spacial score (nSPS) is 20.0. The van der Waals surface area contributed by atoms with Crippen molar-refractivity contribution in [2.45, 2.75) is 11.4 Å². The maximum Gasteiger partial charge on any atom is 0.352 e. The molecule has 2 aliphatic rings. The number of amides is 2. The molecule has 0 spiro atoms. The van der Waals surface area contributed by atoms with Gasteiger partial charge in [-0.15, -0.1) is 23.1 Å². The Morgan fingerprint density at radius 3 is 2.76 bits per heavy atom. The third-order valence-electron chi connectivity index (χ3n) is 4.91. The van der Waals surface area contributed by atoms with E-state index in [1.165, 1.54) is 5.38 Å². The first-order chi connectivity index (χ1) is 16.2. The van der Waals surface area contributed by atoms with Crippen molar-refractivity contribution in [1.29, 1.82) is 0 Å². The molecule has 1 aromatic carbocycles. The van der Waals surface area contributed by atoms with Crippen LogP contribution in [0, 0.1) is 11.6 Å². The predicted octanol–water partition coefficient (Wildman–Crippen LogP) is 0.999. The molecule has 3 heterocycles. The number of nitrogen functional groups attached to an aromatic ring is 1. The van der Waals surface area contributed by atoms with Gasteiger partial charge in [0, 0.05) is 22.8 Å². The molecule has 2 aromatic rings. The lowest BCUT2D eigenvalue weighted by Crippen LogP contribution is -2.71. The Morgan fingerprint density at radius 1 is 1.38 bits per heavy atom. The molecule has 1 fully saturated rings. The zero-order chi connectivity index (χ0) is 24.6. The first-order valence-electron chi connectivity index (χ1n) is 9.43. The van der Waals surface area contributed by atoms with Gasteiger partial charge in [0.15, 0.2) is 22.4 Å². The second-order valence-corrected chi connectivity index (χ2v) is 9.00. The third kappa shape index (κ3) is 4.26. The number of aliphatic carboxylic acids is 1. The van der Waals surface area contributed by atoms with Crippen LogP contribution in [0.1, 0.15) is 5.69 Å². The van der Waals surface area contributed by atoms with E-state index in [9.17, 15) is 33.5 Å². The number of hydrogen-bond acceptors (Lipinski definition) is 10. The highest BCUT2D eigenvalue weighted by molar-refractivity contribution is 8.00. The number of oxime groups is 1. The molecule has 0 saturated carbocycles. The first-order valence-corrected chi connectivity index (χ1v) is 11.4. The van der Waals surface area contributed by atoms with Crippen LogP contribution in [-0.4, -0.2) is 67.5 Å². The minimum atomic E-state index is -1.41. The smallest absolute Gasteiger partial charge is 0.352 e. The second kappa shape index (κ2) is 9.26. The number of anilines is 1. The lowest BCUT2D eigenvalue weighted by Gasteiger charge is -2.49. The number of carbonyl (C=O) groups is 3. The summed E-state index contributed by atoms with van der Waals surface area (Å²) in [5.74, 6) is -4.92. The van der Waals surface area contributed by atoms with E-state index in [4.69, 9.17) is 10.5 Å². The Morgan fingerprint density at radius 2 is 2.15 bits per heavy atom. The Labute approximate surface area is 197 Å². The number of aromatic nitrogens is 1. The van der Waals surface area contributed by atoms with Crippen LogP contribution in [-0.2, 0) is 14.4 Å². The monoisotopic (exact) mass is 511 g/mol. The van der Waals surface area contributed by atoms with Gasteiger partial charge in [0.2, 0.25) is 0 Å². The van der Waals surface area contributed by atoms with Crippen molar-refractivity contribution < 1.29 is 38.2 Å². The number of halogens is 2. The third-order valence-corrected chi connectivity index (χ3v) is 6.93. The zero-order valence-electron chi connectivity index (χ0n) is 16.9. The summed E-state index contributed by atoms with van der Waals surface area (Å²) in [6, 6.07) is 1.61. The summed E-state index contributed by atoms with van der Waals surface area (Å²) in [7, 11) is 0. The summed E-state index contributed by atoms with van der Waals surface area (Å²) in [6.07, 6.45) is 0. The number of carboxylic acids is 1. The van der Waals surface area contributed by atoms with Crippen molar-refractivity contribution in [1.82, 2.24) is 15.2 Å². The highest BCUT2D eigenvalue weighted by Gasteiger charge is 2.54. The Balaban J connectivity index is 1.49. The number of nitrogens with zero attached hydrogens (tertiary/aromatic N) is 3. The van der Waals surface area contributed by atoms with Crippen molar-refractivity contribution in [3.63, 3.8) is 0 Å². The largest absolute Gasteiger partial charge is 0.486 e. The van der Waals surface area contributed by atoms with Crippen LogP contribution >= 0.6 is 23.1 Å². The maximum absolute atomic E-state index is 13.8. The first kappa shape index (κ1) is 23.4. The average molecular weight is 511 g/mol. The van der Waals surface area contributed by atoms with Crippen molar-refractivity contribution >= 4 is 51.7 Å². The van der Waals surface area contributed by atoms with E-state index in [1.807, 2.05) is 0 Å². The highest BCUT2D eigenvalue weighted by atomic mass is 32.2. The van der Waals surface area contributed by atoms with E-state index >= 15 is 0 Å². The Bertz CT molecular complexity index is 1250. The zero-order valence-corrected chi connectivity index (χ0v) is 18.5. The molecule has 2 atom stereocenters. The van der Waals surface area contributed by atoms with E-state index in [1.54, 1.807) is 0 Å². The van der Waals surface area contributed by atoms with Crippen molar-refractivity contribution in [3.05, 3.63) is 52.2 Å². The van der Waals surface area contributed by atoms with Gasteiger partial charge in [-0.1, -0.05) is 5.16 Å². The van der Waals surface area contributed by atoms with Gasteiger partial charge in [-0.2, -0.15) is 0 Å². The summed E-state index contributed by atoms with van der Waals surface area (Å²) < 4.78 is 32.2. The standard InChI is InChI=1S/C19H15F2N5O6S2/c20-8-1-2-11(9(21)3-8)32-4-7-5-33-17-13(16(28)26(17)14(7)18(29)30)24-15(27)12(25-31)10-6-34-19(22)23-10/h1-3,6,13,17,31H,4-5H2,(H2,22,23)(H,24,27)(H,29,30)/b25-12-/t13-,17-/m1/s1. The molecule has 1 aromatic heterocycles. The summed E-state index contributed by atoms with van der Waals surface area (Å²) in [5, 5.41) is 25.0. The molecule has 2 amide bonds. The number of nitrogens with two attached hydrogens (primary N) is 1. The molecule has 4 rings (SSSR count). The topological polar surface area (TPSA) is 167 Å². The van der Waals surface area contributed by atoms with Crippen LogP contribution in [0.5, 0.6) is 5.75 Å². The number of carbonyl (C=O) groups excluding carboxylic acids is 2. The number of β-lactam (4-membered cyclic amide) rings is 1. The van der Waals surface area contributed by atoms with Crippen LogP contribution in [0.15, 0.2) is 40.0 Å². The van der Waals surface area contributed by atoms with Crippen LogP contribution < -0.4 is 15.8 Å². The van der Waals surface area contributed by atoms with Gasteiger partial charge in [-0.05, 0) is 12.1 Å². The number of fused-ring (bicyclic) bond motifs is 1. The lowest BCUT2D eigenvalue weighted by atomic mass is 10.0. The molecular weight excluding hydrogens is 496 g/mol. The van der Waals surface area contributed by atoms with Gasteiger partial charge in [0.05, 0.1) is 0 Å². The van der Waals surface area contributed by atoms with Crippen molar-refractivity contribution in [2.75, 3.05) is 18.1 Å². The molecule has 1 saturated heterocycles. The lowest BCUT2D eigenvalue weighted by molar-refractivity contribution is -0.150. The number of thiazole rings is 1. The minimum absolute atomic E-state index is 0.0148. The fraction of sp³-hybridized carbons (Fsp3) is 0.211. The number of rotatable bonds is 7.